The minimum Gasteiger partial charge on any atom is -0.335 e. The highest BCUT2D eigenvalue weighted by Gasteiger charge is 2.45. The van der Waals surface area contributed by atoms with E-state index >= 15 is 0 Å². The fourth-order valence-corrected chi connectivity index (χ4v) is 1.91. The van der Waals surface area contributed by atoms with Gasteiger partial charge < -0.3 is 5.32 Å². The fourth-order valence-electron chi connectivity index (χ4n) is 1.91. The Labute approximate surface area is 108 Å². The number of amides is 5. The molecule has 7 nitrogen and oxygen atoms in total. The molecule has 2 aliphatic rings. The molecule has 0 radical (unpaired) electrons. The number of likely N-dealkylation sites (tertiary alicyclic amines) is 1. The topological polar surface area (TPSA) is 95.6 Å². The van der Waals surface area contributed by atoms with E-state index in [1.807, 2.05) is 5.32 Å². The summed E-state index contributed by atoms with van der Waals surface area (Å²) in [4.78, 5) is 47.5. The first-order chi connectivity index (χ1) is 8.97. The first-order valence-electron chi connectivity index (χ1n) is 5.46. The third-order valence-electron chi connectivity index (χ3n) is 2.84. The Hall–Kier alpha value is -2.70. The summed E-state index contributed by atoms with van der Waals surface area (Å²) < 4.78 is 0. The number of carbonyl (C=O) groups is 4. The molecule has 0 aliphatic carbocycles. The van der Waals surface area contributed by atoms with Crippen LogP contribution in [0.2, 0.25) is 0 Å². The fraction of sp³-hybridized carbons (Fsp3) is 0.167. The number of rotatable bonds is 2. The van der Waals surface area contributed by atoms with Gasteiger partial charge in [-0.1, -0.05) is 19.2 Å². The number of nitrogens with one attached hydrogen (secondary N) is 2. The molecule has 2 fully saturated rings. The molecule has 2 aliphatic heterocycles. The largest absolute Gasteiger partial charge is 0.335 e. The predicted octanol–water partition coefficient (Wildman–Crippen LogP) is -0.768. The molecule has 0 bridgehead atoms. The van der Waals surface area contributed by atoms with E-state index in [9.17, 15) is 19.2 Å². The van der Waals surface area contributed by atoms with Gasteiger partial charge in [0, 0.05) is 12.1 Å². The molecule has 1 unspecified atom stereocenters. The Kier molecular flexibility index (Phi) is 3.04. The molecule has 0 aromatic heterocycles. The average molecular weight is 261 g/mol. The second kappa shape index (κ2) is 4.52. The molecule has 2 saturated heterocycles. The van der Waals surface area contributed by atoms with Gasteiger partial charge in [0.1, 0.15) is 6.04 Å². The zero-order valence-electron chi connectivity index (χ0n) is 9.93. The van der Waals surface area contributed by atoms with E-state index in [1.54, 1.807) is 0 Å². The number of carbonyl (C=O) groups excluding carboxylic acids is 4. The Morgan fingerprint density at radius 3 is 2.47 bits per heavy atom. The van der Waals surface area contributed by atoms with Crippen molar-refractivity contribution in [3.63, 3.8) is 0 Å². The van der Waals surface area contributed by atoms with Crippen molar-refractivity contribution in [3.05, 3.63) is 36.5 Å². The van der Waals surface area contributed by atoms with Gasteiger partial charge in [-0.15, -0.1) is 0 Å². The highest BCUT2D eigenvalue weighted by Crippen LogP contribution is 2.26. The van der Waals surface area contributed by atoms with Gasteiger partial charge in [0.25, 0.3) is 17.7 Å². The minimum atomic E-state index is -1.06. The molecule has 1 atom stereocenters. The Morgan fingerprint density at radius 1 is 1.21 bits per heavy atom. The zero-order chi connectivity index (χ0) is 14.2. The van der Waals surface area contributed by atoms with Gasteiger partial charge in [0.2, 0.25) is 0 Å². The molecule has 0 aromatic rings. The van der Waals surface area contributed by atoms with Crippen molar-refractivity contribution in [1.82, 2.24) is 15.5 Å². The van der Waals surface area contributed by atoms with Gasteiger partial charge in [0.15, 0.2) is 0 Å². The van der Waals surface area contributed by atoms with E-state index in [0.29, 0.717) is 0 Å². The van der Waals surface area contributed by atoms with E-state index in [0.717, 1.165) is 4.90 Å². The normalized spacial score (nSPS) is 25.7. The second-order valence-electron chi connectivity index (χ2n) is 3.99. The van der Waals surface area contributed by atoms with Crippen LogP contribution in [0.1, 0.15) is 0 Å². The first-order valence-corrected chi connectivity index (χ1v) is 5.46. The van der Waals surface area contributed by atoms with Crippen LogP contribution >= 0.6 is 0 Å². The van der Waals surface area contributed by atoms with Crippen LogP contribution < -0.4 is 10.6 Å². The van der Waals surface area contributed by atoms with Crippen molar-refractivity contribution < 1.29 is 19.2 Å². The molecular weight excluding hydrogens is 250 g/mol. The molecule has 0 aromatic carbocycles. The number of urea groups is 1. The van der Waals surface area contributed by atoms with Crippen LogP contribution in [0.25, 0.3) is 0 Å². The summed E-state index contributed by atoms with van der Waals surface area (Å²) >= 11 is 0. The molecule has 2 rings (SSSR count). The van der Waals surface area contributed by atoms with Crippen molar-refractivity contribution in [2.24, 2.45) is 0 Å². The SMILES string of the molecule is C=C/C=C1\C(=C)C(=O)N(C2CNC(=O)NC2=O)C1=O. The number of nitrogens with zero attached hydrogens (tertiary/aromatic N) is 1. The van der Waals surface area contributed by atoms with Gasteiger partial charge in [-0.05, 0) is 6.08 Å². The van der Waals surface area contributed by atoms with Crippen LogP contribution in [0.15, 0.2) is 36.5 Å². The molecule has 0 spiro atoms. The smallest absolute Gasteiger partial charge is 0.321 e. The van der Waals surface area contributed by atoms with E-state index in [4.69, 9.17) is 0 Å². The van der Waals surface area contributed by atoms with Gasteiger partial charge in [-0.2, -0.15) is 0 Å². The van der Waals surface area contributed by atoms with Gasteiger partial charge in [-0.25, -0.2) is 4.79 Å². The van der Waals surface area contributed by atoms with E-state index in [1.165, 1.54) is 12.2 Å². The van der Waals surface area contributed by atoms with Crippen molar-refractivity contribution >= 4 is 23.8 Å². The Bertz CT molecular complexity index is 561. The Morgan fingerprint density at radius 2 is 1.89 bits per heavy atom. The summed E-state index contributed by atoms with van der Waals surface area (Å²) in [5, 5.41) is 4.36. The second-order valence-corrected chi connectivity index (χ2v) is 3.99. The lowest BCUT2D eigenvalue weighted by Crippen LogP contribution is -2.62. The summed E-state index contributed by atoms with van der Waals surface area (Å²) in [6.45, 7) is 6.85. The highest BCUT2D eigenvalue weighted by molar-refractivity contribution is 6.26. The third-order valence-corrected chi connectivity index (χ3v) is 2.84. The predicted molar refractivity (Wildman–Crippen MR) is 64.6 cm³/mol. The van der Waals surface area contributed by atoms with Crippen LogP contribution in [0.3, 0.4) is 0 Å². The molecule has 2 N–H and O–H groups in total. The van der Waals surface area contributed by atoms with Crippen molar-refractivity contribution in [3.8, 4) is 0 Å². The lowest BCUT2D eigenvalue weighted by Gasteiger charge is -2.28. The molecule has 0 saturated carbocycles. The quantitative estimate of drug-likeness (QED) is 0.504. The van der Waals surface area contributed by atoms with Crippen LogP contribution in [-0.4, -0.2) is 41.2 Å². The van der Waals surface area contributed by atoms with Crippen molar-refractivity contribution in [2.75, 3.05) is 6.54 Å². The standard InChI is InChI=1S/C12H11N3O4/c1-3-4-7-6(2)10(17)15(11(7)18)8-5-13-12(19)14-9(8)16/h3-4,8H,1-2,5H2,(H2,13,14,16,19)/b7-4+. The molecule has 19 heavy (non-hydrogen) atoms. The third kappa shape index (κ3) is 1.95. The number of imide groups is 2. The minimum absolute atomic E-state index is 0.00889. The monoisotopic (exact) mass is 261 g/mol. The van der Waals surface area contributed by atoms with E-state index in [2.05, 4.69) is 18.5 Å². The zero-order valence-corrected chi connectivity index (χ0v) is 9.93. The molecule has 2 heterocycles. The van der Waals surface area contributed by atoms with Crippen LogP contribution in [0, 0.1) is 0 Å². The molecule has 5 amide bonds. The molecule has 7 heteroatoms. The molecular formula is C12H11N3O4. The van der Waals surface area contributed by atoms with Crippen LogP contribution in [-0.2, 0) is 14.4 Å². The Balaban J connectivity index is 2.33. The van der Waals surface area contributed by atoms with Gasteiger partial charge in [-0.3, -0.25) is 24.6 Å². The first kappa shape index (κ1) is 12.7. The number of hydrogen-bond donors (Lipinski definition) is 2. The van der Waals surface area contributed by atoms with Crippen LogP contribution in [0.5, 0.6) is 0 Å². The maximum absolute atomic E-state index is 12.1. The van der Waals surface area contributed by atoms with E-state index < -0.39 is 29.8 Å². The van der Waals surface area contributed by atoms with Gasteiger partial charge >= 0.3 is 6.03 Å². The number of hydrogen-bond acceptors (Lipinski definition) is 4. The average Bonchev–Trinajstić information content (AvgIpc) is 2.55. The van der Waals surface area contributed by atoms with Gasteiger partial charge in [0.05, 0.1) is 5.57 Å². The summed E-state index contributed by atoms with van der Waals surface area (Å²) in [6, 6.07) is -1.72. The van der Waals surface area contributed by atoms with Crippen molar-refractivity contribution in [2.45, 2.75) is 6.04 Å². The number of allylic oxidation sites excluding steroid dienone is 2. The maximum atomic E-state index is 12.1. The van der Waals surface area contributed by atoms with Crippen LogP contribution in [0.4, 0.5) is 4.79 Å². The highest BCUT2D eigenvalue weighted by atomic mass is 16.2. The van der Waals surface area contributed by atoms with Crippen molar-refractivity contribution in [1.29, 1.82) is 0 Å². The lowest BCUT2D eigenvalue weighted by atomic mass is 10.1. The summed E-state index contributed by atoms with van der Waals surface area (Å²) in [7, 11) is 0. The summed E-state index contributed by atoms with van der Waals surface area (Å²) in [5.41, 5.74) is 0.110. The maximum Gasteiger partial charge on any atom is 0.321 e. The summed E-state index contributed by atoms with van der Waals surface area (Å²) in [6.07, 6.45) is 2.72. The molecule has 98 valence electrons. The van der Waals surface area contributed by atoms with E-state index in [-0.39, 0.29) is 17.7 Å². The lowest BCUT2D eigenvalue weighted by molar-refractivity contribution is -0.145. The summed E-state index contributed by atoms with van der Waals surface area (Å²) in [5.74, 6) is -1.96.